The summed E-state index contributed by atoms with van der Waals surface area (Å²) in [5.74, 6) is 1.20. The van der Waals surface area contributed by atoms with Gasteiger partial charge in [0.1, 0.15) is 11.4 Å². The number of amides is 1. The van der Waals surface area contributed by atoms with E-state index in [1.54, 1.807) is 23.9 Å². The highest BCUT2D eigenvalue weighted by molar-refractivity contribution is 6.33. The van der Waals surface area contributed by atoms with Crippen LogP contribution in [0.3, 0.4) is 0 Å². The minimum Gasteiger partial charge on any atom is -0.497 e. The van der Waals surface area contributed by atoms with E-state index in [1.807, 2.05) is 49.1 Å². The van der Waals surface area contributed by atoms with E-state index in [9.17, 15) is 4.79 Å². The maximum absolute atomic E-state index is 13.4. The van der Waals surface area contributed by atoms with Gasteiger partial charge in [-0.3, -0.25) is 4.79 Å². The van der Waals surface area contributed by atoms with Crippen molar-refractivity contribution >= 4 is 17.5 Å². The lowest BCUT2D eigenvalue weighted by Crippen LogP contribution is -2.31. The van der Waals surface area contributed by atoms with Gasteiger partial charge in [-0.25, -0.2) is 9.67 Å². The summed E-state index contributed by atoms with van der Waals surface area (Å²) >= 11 is 6.38. The normalized spacial score (nSPS) is 16.3. The third-order valence-electron chi connectivity index (χ3n) is 5.25. The molecule has 0 N–H and O–H groups in total. The van der Waals surface area contributed by atoms with Gasteiger partial charge >= 0.3 is 0 Å². The third kappa shape index (κ3) is 3.72. The zero-order chi connectivity index (χ0) is 20.5. The molecule has 0 spiro atoms. The largest absolute Gasteiger partial charge is 0.497 e. The second-order valence-corrected chi connectivity index (χ2v) is 7.68. The second-order valence-electron chi connectivity index (χ2n) is 7.27. The minimum atomic E-state index is -0.163. The first-order valence-corrected chi connectivity index (χ1v) is 10.0. The first kappa shape index (κ1) is 19.5. The molecule has 7 heteroatoms. The minimum absolute atomic E-state index is 0.0205. The van der Waals surface area contributed by atoms with Gasteiger partial charge in [-0.1, -0.05) is 23.7 Å². The fraction of sp³-hybridized carbons (Fsp3) is 0.318. The van der Waals surface area contributed by atoms with Crippen LogP contribution < -0.4 is 4.74 Å². The van der Waals surface area contributed by atoms with Gasteiger partial charge < -0.3 is 9.64 Å². The Morgan fingerprint density at radius 3 is 2.76 bits per heavy atom. The highest BCUT2D eigenvalue weighted by Gasteiger charge is 2.32. The van der Waals surface area contributed by atoms with Crippen LogP contribution in [-0.2, 0) is 0 Å². The van der Waals surface area contributed by atoms with Crippen LogP contribution in [0.5, 0.6) is 5.75 Å². The van der Waals surface area contributed by atoms with Gasteiger partial charge in [0.05, 0.1) is 23.9 Å². The molecule has 0 saturated carbocycles. The number of hydrogen-bond acceptors (Lipinski definition) is 4. The number of nitrogens with zero attached hydrogens (tertiary/aromatic N) is 4. The van der Waals surface area contributed by atoms with Crippen LogP contribution in [0.1, 0.15) is 46.3 Å². The zero-order valence-electron chi connectivity index (χ0n) is 16.7. The highest BCUT2D eigenvalue weighted by Crippen LogP contribution is 2.35. The molecule has 1 aliphatic heterocycles. The Kier molecular flexibility index (Phi) is 5.28. The van der Waals surface area contributed by atoms with E-state index >= 15 is 0 Å². The van der Waals surface area contributed by atoms with Crippen LogP contribution in [0.15, 0.2) is 42.5 Å². The van der Waals surface area contributed by atoms with Gasteiger partial charge in [-0.05, 0) is 62.6 Å². The fourth-order valence-corrected chi connectivity index (χ4v) is 4.09. The summed E-state index contributed by atoms with van der Waals surface area (Å²) in [5.41, 5.74) is 3.16. The van der Waals surface area contributed by atoms with E-state index in [-0.39, 0.29) is 17.6 Å². The van der Waals surface area contributed by atoms with Crippen molar-refractivity contribution in [2.75, 3.05) is 13.7 Å². The summed E-state index contributed by atoms with van der Waals surface area (Å²) in [5, 5.41) is 4.81. The molecule has 29 heavy (non-hydrogen) atoms. The number of carbonyl (C=O) groups excluding carboxylic acids is 1. The van der Waals surface area contributed by atoms with Gasteiger partial charge in [0, 0.05) is 12.2 Å². The van der Waals surface area contributed by atoms with Crippen molar-refractivity contribution in [3.63, 3.8) is 0 Å². The molecule has 1 saturated heterocycles. The fourth-order valence-electron chi connectivity index (χ4n) is 3.90. The lowest BCUT2D eigenvalue weighted by molar-refractivity contribution is 0.0729. The molecule has 150 valence electrons. The Hall–Kier alpha value is -2.86. The van der Waals surface area contributed by atoms with Crippen molar-refractivity contribution in [2.45, 2.75) is 32.7 Å². The summed E-state index contributed by atoms with van der Waals surface area (Å²) in [7, 11) is 1.64. The van der Waals surface area contributed by atoms with Crippen molar-refractivity contribution < 1.29 is 9.53 Å². The molecule has 0 radical (unpaired) electrons. The van der Waals surface area contributed by atoms with Gasteiger partial charge in [-0.15, -0.1) is 0 Å². The average Bonchev–Trinajstić information content (AvgIpc) is 3.34. The molecule has 2 aromatic heterocycles. The first-order chi connectivity index (χ1) is 14.0. The van der Waals surface area contributed by atoms with E-state index in [1.165, 1.54) is 0 Å². The smallest absolute Gasteiger partial charge is 0.274 e. The molecule has 0 aliphatic carbocycles. The van der Waals surface area contributed by atoms with Crippen LogP contribution in [-0.4, -0.2) is 39.2 Å². The second kappa shape index (κ2) is 7.87. The van der Waals surface area contributed by atoms with Crippen LogP contribution >= 0.6 is 11.6 Å². The van der Waals surface area contributed by atoms with Crippen LogP contribution in [0, 0.1) is 13.8 Å². The summed E-state index contributed by atoms with van der Waals surface area (Å²) in [6, 6.07) is 13.3. The molecule has 3 aromatic rings. The van der Waals surface area contributed by atoms with Gasteiger partial charge in [0.2, 0.25) is 0 Å². The van der Waals surface area contributed by atoms with E-state index < -0.39 is 0 Å². The molecule has 1 amide bonds. The third-order valence-corrected chi connectivity index (χ3v) is 5.56. The summed E-state index contributed by atoms with van der Waals surface area (Å²) in [4.78, 5) is 19.8. The van der Waals surface area contributed by atoms with Crippen LogP contribution in [0.4, 0.5) is 0 Å². The quantitative estimate of drug-likeness (QED) is 0.634. The Labute approximate surface area is 175 Å². The first-order valence-electron chi connectivity index (χ1n) is 9.63. The molecule has 3 heterocycles. The lowest BCUT2D eigenvalue weighted by atomic mass is 10.0. The van der Waals surface area contributed by atoms with Crippen LogP contribution in [0.2, 0.25) is 5.02 Å². The van der Waals surface area contributed by atoms with E-state index in [2.05, 4.69) is 10.1 Å². The van der Waals surface area contributed by atoms with Crippen molar-refractivity contribution in [2.24, 2.45) is 0 Å². The summed E-state index contributed by atoms with van der Waals surface area (Å²) in [6.07, 6.45) is 1.83. The zero-order valence-corrected chi connectivity index (χ0v) is 17.5. The number of aromatic nitrogens is 3. The maximum atomic E-state index is 13.4. The number of benzene rings is 1. The van der Waals surface area contributed by atoms with Crippen molar-refractivity contribution in [1.82, 2.24) is 19.7 Å². The number of halogens is 1. The number of pyridine rings is 1. The van der Waals surface area contributed by atoms with Crippen molar-refractivity contribution in [3.8, 4) is 11.6 Å². The maximum Gasteiger partial charge on any atom is 0.274 e. The van der Waals surface area contributed by atoms with Crippen LogP contribution in [0.25, 0.3) is 5.82 Å². The Bertz CT molecular complexity index is 1060. The topological polar surface area (TPSA) is 60.2 Å². The van der Waals surface area contributed by atoms with Gasteiger partial charge in [0.25, 0.3) is 5.91 Å². The Balaban J connectivity index is 1.68. The van der Waals surface area contributed by atoms with Gasteiger partial charge in [-0.2, -0.15) is 5.10 Å². The number of carbonyl (C=O) groups is 1. The molecule has 4 rings (SSSR count). The predicted octanol–water partition coefficient (Wildman–Crippen LogP) is 4.52. The molecule has 0 bridgehead atoms. The molecular weight excluding hydrogens is 388 g/mol. The number of likely N-dealkylation sites (tertiary alicyclic amines) is 1. The summed E-state index contributed by atoms with van der Waals surface area (Å²) in [6.45, 7) is 4.55. The van der Waals surface area contributed by atoms with Gasteiger partial charge in [0.15, 0.2) is 5.82 Å². The molecule has 6 nitrogen and oxygen atoms in total. The van der Waals surface area contributed by atoms with E-state index in [0.29, 0.717) is 17.4 Å². The molecule has 1 aromatic carbocycles. The average molecular weight is 411 g/mol. The Morgan fingerprint density at radius 2 is 2.03 bits per heavy atom. The number of hydrogen-bond donors (Lipinski definition) is 0. The number of ether oxygens (including phenoxy) is 1. The predicted molar refractivity (Wildman–Crippen MR) is 112 cm³/mol. The molecule has 1 atom stereocenters. The standard InChI is InChI=1S/C22H23ClN4O2/c1-14-12-15(2)27(25-14)20-10-9-18(23)21(24-20)22(28)26-11-5-8-19(26)16-6-4-7-17(13-16)29-3/h4,6-7,9-10,12-13,19H,5,8,11H2,1-3H3. The number of rotatable bonds is 4. The number of methoxy groups -OCH3 is 1. The lowest BCUT2D eigenvalue weighted by Gasteiger charge is -2.25. The van der Waals surface area contributed by atoms with E-state index in [4.69, 9.17) is 16.3 Å². The molecule has 1 aliphatic rings. The molecule has 1 unspecified atom stereocenters. The van der Waals surface area contributed by atoms with Crippen molar-refractivity contribution in [1.29, 1.82) is 0 Å². The summed E-state index contributed by atoms with van der Waals surface area (Å²) < 4.78 is 7.07. The number of aryl methyl sites for hydroxylation is 2. The molecular formula is C22H23ClN4O2. The Morgan fingerprint density at radius 1 is 1.21 bits per heavy atom. The molecule has 1 fully saturated rings. The van der Waals surface area contributed by atoms with Crippen molar-refractivity contribution in [3.05, 3.63) is 70.1 Å². The van der Waals surface area contributed by atoms with E-state index in [0.717, 1.165) is 35.5 Å². The highest BCUT2D eigenvalue weighted by atomic mass is 35.5. The monoisotopic (exact) mass is 410 g/mol. The SMILES string of the molecule is COc1cccc(C2CCCN2C(=O)c2nc(-n3nc(C)cc3C)ccc2Cl)c1.